The van der Waals surface area contributed by atoms with E-state index in [-0.39, 0.29) is 17.9 Å². The lowest BCUT2D eigenvalue weighted by Gasteiger charge is -2.30. The van der Waals surface area contributed by atoms with Crippen LogP contribution in [0.4, 0.5) is 0 Å². The number of morpholine rings is 1. The van der Waals surface area contributed by atoms with E-state index >= 15 is 0 Å². The van der Waals surface area contributed by atoms with Gasteiger partial charge in [0.15, 0.2) is 5.58 Å². The molecule has 3 atom stereocenters. The second kappa shape index (κ2) is 7.18. The van der Waals surface area contributed by atoms with E-state index in [0.717, 1.165) is 26.1 Å². The number of piperidine rings is 1. The molecule has 5 rings (SSSR count). The van der Waals surface area contributed by atoms with Crippen LogP contribution in [0.3, 0.4) is 0 Å². The van der Waals surface area contributed by atoms with Crippen molar-refractivity contribution >= 4 is 22.8 Å². The Hall–Kier alpha value is -2.45. The molecule has 0 saturated carbocycles. The Balaban J connectivity index is 1.35. The Kier molecular flexibility index (Phi) is 4.52. The zero-order valence-electron chi connectivity index (χ0n) is 15.7. The van der Waals surface area contributed by atoms with Crippen LogP contribution in [0.2, 0.25) is 0 Å². The molecule has 8 nitrogen and oxygen atoms in total. The van der Waals surface area contributed by atoms with Gasteiger partial charge in [-0.2, -0.15) is 0 Å². The summed E-state index contributed by atoms with van der Waals surface area (Å²) in [5, 5.41) is 3.75. The van der Waals surface area contributed by atoms with Gasteiger partial charge in [0.25, 0.3) is 11.8 Å². The highest BCUT2D eigenvalue weighted by atomic mass is 16.5. The van der Waals surface area contributed by atoms with Crippen LogP contribution < -0.4 is 5.32 Å². The molecule has 0 radical (unpaired) electrons. The van der Waals surface area contributed by atoms with Crippen LogP contribution in [0, 0.1) is 5.92 Å². The first-order chi connectivity index (χ1) is 13.7. The van der Waals surface area contributed by atoms with Gasteiger partial charge in [-0.15, -0.1) is 0 Å². The molecule has 0 spiro atoms. The maximum Gasteiger partial charge on any atom is 0.270 e. The summed E-state index contributed by atoms with van der Waals surface area (Å²) >= 11 is 0. The molecule has 5 heterocycles. The van der Waals surface area contributed by atoms with Gasteiger partial charge in [0.2, 0.25) is 0 Å². The van der Waals surface area contributed by atoms with Crippen molar-refractivity contribution in [2.45, 2.75) is 18.9 Å². The number of furan rings is 1. The number of hydrogen-bond donors (Lipinski definition) is 1. The summed E-state index contributed by atoms with van der Waals surface area (Å²) < 4.78 is 10.8. The third-order valence-electron chi connectivity index (χ3n) is 6.02. The van der Waals surface area contributed by atoms with E-state index in [2.05, 4.69) is 15.2 Å². The molecule has 28 heavy (non-hydrogen) atoms. The summed E-state index contributed by atoms with van der Waals surface area (Å²) in [6.07, 6.45) is 5.22. The average Bonchev–Trinajstić information content (AvgIpc) is 3.30. The second-order valence-corrected chi connectivity index (χ2v) is 7.94. The van der Waals surface area contributed by atoms with Crippen molar-refractivity contribution in [3.05, 3.63) is 29.8 Å². The summed E-state index contributed by atoms with van der Waals surface area (Å²) in [6.45, 7) is 5.37. The molecule has 3 aliphatic rings. The van der Waals surface area contributed by atoms with E-state index in [1.54, 1.807) is 11.0 Å². The number of fused-ring (bicyclic) bond motifs is 3. The van der Waals surface area contributed by atoms with Gasteiger partial charge in [-0.25, -0.2) is 4.98 Å². The number of carbonyl (C=O) groups is 2. The maximum absolute atomic E-state index is 12.8. The Bertz CT molecular complexity index is 893. The highest BCUT2D eigenvalue weighted by Gasteiger charge is 2.33. The van der Waals surface area contributed by atoms with Gasteiger partial charge >= 0.3 is 0 Å². The van der Waals surface area contributed by atoms with Crippen molar-refractivity contribution in [2.24, 2.45) is 5.92 Å². The number of carbonyl (C=O) groups excluding carboxylic acids is 2. The first kappa shape index (κ1) is 17.6. The van der Waals surface area contributed by atoms with Crippen LogP contribution in [0.1, 0.15) is 33.7 Å². The quantitative estimate of drug-likeness (QED) is 0.853. The molecule has 2 bridgehead atoms. The van der Waals surface area contributed by atoms with Crippen LogP contribution in [-0.4, -0.2) is 78.6 Å². The van der Waals surface area contributed by atoms with Crippen molar-refractivity contribution < 1.29 is 18.7 Å². The molecule has 2 aromatic heterocycles. The highest BCUT2D eigenvalue weighted by Crippen LogP contribution is 2.27. The molecule has 3 aliphatic heterocycles. The SMILES string of the molecule is O=C(NC1CC2CCN(C2)C1)c1cc2c(C(=O)N3CCOCC3)coc2cn1. The zero-order chi connectivity index (χ0) is 19.1. The molecule has 2 aromatic rings. The van der Waals surface area contributed by atoms with E-state index in [0.29, 0.717) is 54.4 Å². The molecule has 0 aromatic carbocycles. The average molecular weight is 384 g/mol. The van der Waals surface area contributed by atoms with Crippen molar-refractivity contribution in [1.29, 1.82) is 0 Å². The molecule has 8 heteroatoms. The van der Waals surface area contributed by atoms with E-state index in [1.165, 1.54) is 18.9 Å². The van der Waals surface area contributed by atoms with Gasteiger partial charge in [0.05, 0.1) is 25.0 Å². The van der Waals surface area contributed by atoms with E-state index in [4.69, 9.17) is 9.15 Å². The van der Waals surface area contributed by atoms with Crippen LogP contribution in [0.15, 0.2) is 22.9 Å². The highest BCUT2D eigenvalue weighted by molar-refractivity contribution is 6.07. The predicted octanol–water partition coefficient (Wildman–Crippen LogP) is 1.12. The summed E-state index contributed by atoms with van der Waals surface area (Å²) in [4.78, 5) is 34.0. The standard InChI is InChI=1S/C20H24N4O4/c25-19(22-14-7-13-1-2-23(10-13)11-14)17-8-15-16(12-28-18(15)9-21-17)20(26)24-3-5-27-6-4-24/h8-9,12-14H,1-7,10-11H2,(H,22,25). The topological polar surface area (TPSA) is 87.9 Å². The van der Waals surface area contributed by atoms with E-state index < -0.39 is 0 Å². The van der Waals surface area contributed by atoms with E-state index in [1.807, 2.05) is 0 Å². The lowest BCUT2D eigenvalue weighted by molar-refractivity contribution is 0.0303. The minimum Gasteiger partial charge on any atom is -0.462 e. The minimum absolute atomic E-state index is 0.101. The number of aromatic nitrogens is 1. The lowest BCUT2D eigenvalue weighted by atomic mass is 9.97. The molecule has 3 saturated heterocycles. The van der Waals surface area contributed by atoms with Crippen LogP contribution >= 0.6 is 0 Å². The Labute approximate surface area is 162 Å². The number of nitrogens with zero attached hydrogens (tertiary/aromatic N) is 3. The fourth-order valence-electron chi connectivity index (χ4n) is 4.58. The summed E-state index contributed by atoms with van der Waals surface area (Å²) in [7, 11) is 0. The Morgan fingerprint density at radius 2 is 2.04 bits per heavy atom. The molecule has 3 unspecified atom stereocenters. The van der Waals surface area contributed by atoms with Crippen LogP contribution in [0.5, 0.6) is 0 Å². The van der Waals surface area contributed by atoms with Gasteiger partial charge in [0.1, 0.15) is 12.0 Å². The second-order valence-electron chi connectivity index (χ2n) is 7.94. The molecule has 2 amide bonds. The third-order valence-corrected chi connectivity index (χ3v) is 6.02. The molecule has 0 aliphatic carbocycles. The van der Waals surface area contributed by atoms with Gasteiger partial charge in [0, 0.05) is 37.6 Å². The number of nitrogens with one attached hydrogen (secondary N) is 1. The predicted molar refractivity (Wildman–Crippen MR) is 101 cm³/mol. The number of pyridine rings is 1. The van der Waals surface area contributed by atoms with Crippen molar-refractivity contribution in [1.82, 2.24) is 20.1 Å². The first-order valence-electron chi connectivity index (χ1n) is 9.95. The van der Waals surface area contributed by atoms with Gasteiger partial charge in [-0.1, -0.05) is 0 Å². The fraction of sp³-hybridized carbons (Fsp3) is 0.550. The van der Waals surface area contributed by atoms with E-state index in [9.17, 15) is 9.59 Å². The zero-order valence-corrected chi connectivity index (χ0v) is 15.7. The lowest BCUT2D eigenvalue weighted by Crippen LogP contribution is -2.47. The van der Waals surface area contributed by atoms with Crippen LogP contribution in [-0.2, 0) is 4.74 Å². The number of amides is 2. The summed E-state index contributed by atoms with van der Waals surface area (Å²) in [5.41, 5.74) is 1.29. The smallest absolute Gasteiger partial charge is 0.270 e. The molecule has 1 N–H and O–H groups in total. The molecule has 3 fully saturated rings. The molecular formula is C20H24N4O4. The molecule has 148 valence electrons. The fourth-order valence-corrected chi connectivity index (χ4v) is 4.58. The number of rotatable bonds is 3. The van der Waals surface area contributed by atoms with Crippen molar-refractivity contribution in [2.75, 3.05) is 45.9 Å². The van der Waals surface area contributed by atoms with Crippen molar-refractivity contribution in [3.8, 4) is 0 Å². The van der Waals surface area contributed by atoms with Gasteiger partial charge < -0.3 is 24.3 Å². The van der Waals surface area contributed by atoms with Gasteiger partial charge in [-0.3, -0.25) is 9.59 Å². The van der Waals surface area contributed by atoms with Crippen LogP contribution in [0.25, 0.3) is 11.0 Å². The Morgan fingerprint density at radius 1 is 1.18 bits per heavy atom. The van der Waals surface area contributed by atoms with Gasteiger partial charge in [-0.05, 0) is 31.4 Å². The molecular weight excluding hydrogens is 360 g/mol. The monoisotopic (exact) mass is 384 g/mol. The Morgan fingerprint density at radius 3 is 2.86 bits per heavy atom. The summed E-state index contributed by atoms with van der Waals surface area (Å²) in [6, 6.07) is 1.82. The third kappa shape index (κ3) is 3.27. The summed E-state index contributed by atoms with van der Waals surface area (Å²) in [5.74, 6) is 0.387. The maximum atomic E-state index is 12.8. The largest absolute Gasteiger partial charge is 0.462 e. The van der Waals surface area contributed by atoms with Crippen molar-refractivity contribution in [3.63, 3.8) is 0 Å². The number of hydrogen-bond acceptors (Lipinski definition) is 6. The first-order valence-corrected chi connectivity index (χ1v) is 9.95. The number of ether oxygens (including phenoxy) is 1. The minimum atomic E-state index is -0.194. The normalized spacial score (nSPS) is 27.1.